The third kappa shape index (κ3) is 2.58. The van der Waals surface area contributed by atoms with E-state index in [-0.39, 0.29) is 0 Å². The SMILES string of the molecule is NN.c1ccc(-c2ccnnn2)cc1. The zero-order chi connectivity index (χ0) is 10.2. The maximum atomic E-state index is 4.00. The molecule has 1 aromatic heterocycles. The minimum Gasteiger partial charge on any atom is -0.274 e. The molecule has 0 aliphatic rings. The summed E-state index contributed by atoms with van der Waals surface area (Å²) in [5, 5.41) is 11.1. The first kappa shape index (κ1) is 10.2. The molecule has 0 spiro atoms. The fourth-order valence-corrected chi connectivity index (χ4v) is 1.00. The van der Waals surface area contributed by atoms with Crippen LogP contribution in [0.15, 0.2) is 42.6 Å². The summed E-state index contributed by atoms with van der Waals surface area (Å²) < 4.78 is 0. The fraction of sp³-hybridized carbons (Fsp3) is 0. The van der Waals surface area contributed by atoms with Crippen LogP contribution in [0.25, 0.3) is 11.3 Å². The average molecular weight is 189 g/mol. The first-order valence-electron chi connectivity index (χ1n) is 4.00. The minimum atomic E-state index is 0.852. The monoisotopic (exact) mass is 189 g/mol. The van der Waals surface area contributed by atoms with E-state index in [0.717, 1.165) is 11.3 Å². The summed E-state index contributed by atoms with van der Waals surface area (Å²) in [6.45, 7) is 0. The summed E-state index contributed by atoms with van der Waals surface area (Å²) in [5.41, 5.74) is 1.91. The van der Waals surface area contributed by atoms with Crippen molar-refractivity contribution in [2.75, 3.05) is 0 Å². The van der Waals surface area contributed by atoms with Crippen molar-refractivity contribution in [2.45, 2.75) is 0 Å². The summed E-state index contributed by atoms with van der Waals surface area (Å²) in [6, 6.07) is 11.7. The van der Waals surface area contributed by atoms with E-state index < -0.39 is 0 Å². The van der Waals surface area contributed by atoms with Crippen LogP contribution < -0.4 is 11.7 Å². The number of hydrazine groups is 1. The lowest BCUT2D eigenvalue weighted by Crippen LogP contribution is -2.02. The summed E-state index contributed by atoms with van der Waals surface area (Å²) in [7, 11) is 0. The van der Waals surface area contributed by atoms with Crippen LogP contribution in [-0.2, 0) is 0 Å². The van der Waals surface area contributed by atoms with E-state index in [1.807, 2.05) is 36.4 Å². The number of benzene rings is 1. The predicted molar refractivity (Wildman–Crippen MR) is 53.6 cm³/mol. The molecule has 72 valence electrons. The fourth-order valence-electron chi connectivity index (χ4n) is 1.00. The number of hydrogen-bond donors (Lipinski definition) is 2. The van der Waals surface area contributed by atoms with Crippen molar-refractivity contribution < 1.29 is 0 Å². The van der Waals surface area contributed by atoms with Crippen LogP contribution >= 0.6 is 0 Å². The van der Waals surface area contributed by atoms with Gasteiger partial charge in [-0.05, 0) is 11.3 Å². The van der Waals surface area contributed by atoms with Gasteiger partial charge in [0.1, 0.15) is 0 Å². The molecular formula is C9H11N5. The summed E-state index contributed by atoms with van der Waals surface area (Å²) >= 11 is 0. The van der Waals surface area contributed by atoms with Crippen LogP contribution in [0.2, 0.25) is 0 Å². The van der Waals surface area contributed by atoms with Gasteiger partial charge in [0.15, 0.2) is 0 Å². The zero-order valence-corrected chi connectivity index (χ0v) is 7.54. The Bertz CT molecular complexity index is 311. The molecule has 2 aromatic rings. The van der Waals surface area contributed by atoms with Gasteiger partial charge >= 0.3 is 0 Å². The van der Waals surface area contributed by atoms with Crippen molar-refractivity contribution >= 4 is 0 Å². The molecule has 0 saturated carbocycles. The van der Waals surface area contributed by atoms with E-state index in [1.54, 1.807) is 6.20 Å². The van der Waals surface area contributed by atoms with Gasteiger partial charge in [0, 0.05) is 5.56 Å². The molecule has 0 bridgehead atoms. The standard InChI is InChI=1S/C9H7N3.H4N2/c1-2-4-8(5-3-1)9-6-7-10-12-11-9;1-2/h1-7H;1-2H2. The largest absolute Gasteiger partial charge is 0.274 e. The highest BCUT2D eigenvalue weighted by Gasteiger charge is 1.95. The highest BCUT2D eigenvalue weighted by Crippen LogP contribution is 2.12. The van der Waals surface area contributed by atoms with Crippen molar-refractivity contribution in [3.8, 4) is 11.3 Å². The molecule has 5 nitrogen and oxygen atoms in total. The quantitative estimate of drug-likeness (QED) is 0.499. The van der Waals surface area contributed by atoms with Gasteiger partial charge in [0.25, 0.3) is 0 Å². The second-order valence-electron chi connectivity index (χ2n) is 2.37. The van der Waals surface area contributed by atoms with E-state index in [1.165, 1.54) is 0 Å². The highest BCUT2D eigenvalue weighted by molar-refractivity contribution is 5.57. The molecule has 1 heterocycles. The summed E-state index contributed by atoms with van der Waals surface area (Å²) in [4.78, 5) is 0. The molecule has 0 amide bonds. The van der Waals surface area contributed by atoms with Gasteiger partial charge in [0.2, 0.25) is 0 Å². The zero-order valence-electron chi connectivity index (χ0n) is 7.54. The van der Waals surface area contributed by atoms with E-state index in [0.29, 0.717) is 0 Å². The van der Waals surface area contributed by atoms with Gasteiger partial charge < -0.3 is 0 Å². The second kappa shape index (κ2) is 5.74. The number of rotatable bonds is 1. The van der Waals surface area contributed by atoms with E-state index in [4.69, 9.17) is 0 Å². The Balaban J connectivity index is 0.000000461. The third-order valence-electron chi connectivity index (χ3n) is 1.57. The third-order valence-corrected chi connectivity index (χ3v) is 1.57. The van der Waals surface area contributed by atoms with Gasteiger partial charge in [-0.15, -0.1) is 10.2 Å². The molecule has 1 aromatic carbocycles. The molecule has 5 heteroatoms. The van der Waals surface area contributed by atoms with Crippen LogP contribution in [0, 0.1) is 0 Å². The normalized spacial score (nSPS) is 8.71. The van der Waals surface area contributed by atoms with Crippen LogP contribution in [0.3, 0.4) is 0 Å². The Labute approximate surface area is 81.7 Å². The molecule has 14 heavy (non-hydrogen) atoms. The Morgan fingerprint density at radius 2 is 1.64 bits per heavy atom. The maximum Gasteiger partial charge on any atom is 0.0963 e. The molecule has 0 unspecified atom stereocenters. The number of nitrogens with zero attached hydrogens (tertiary/aromatic N) is 3. The van der Waals surface area contributed by atoms with E-state index in [2.05, 4.69) is 27.1 Å². The molecule has 4 N–H and O–H groups in total. The van der Waals surface area contributed by atoms with Gasteiger partial charge in [-0.3, -0.25) is 11.7 Å². The first-order chi connectivity index (χ1) is 6.97. The Kier molecular flexibility index (Phi) is 4.19. The molecule has 0 atom stereocenters. The van der Waals surface area contributed by atoms with Crippen molar-refractivity contribution in [3.05, 3.63) is 42.6 Å². The molecule has 0 aliphatic heterocycles. The Hall–Kier alpha value is -1.85. The topological polar surface area (TPSA) is 90.7 Å². The number of aromatic nitrogens is 3. The summed E-state index contributed by atoms with van der Waals surface area (Å²) in [5.74, 6) is 8.00. The number of nitrogens with two attached hydrogens (primary N) is 2. The van der Waals surface area contributed by atoms with E-state index >= 15 is 0 Å². The van der Waals surface area contributed by atoms with Crippen LogP contribution in [0.4, 0.5) is 0 Å². The predicted octanol–water partition coefficient (Wildman–Crippen LogP) is 0.357. The van der Waals surface area contributed by atoms with Crippen LogP contribution in [-0.4, -0.2) is 15.4 Å². The van der Waals surface area contributed by atoms with Gasteiger partial charge in [-0.2, -0.15) is 0 Å². The lowest BCUT2D eigenvalue weighted by Gasteiger charge is -1.95. The maximum absolute atomic E-state index is 4.00. The molecule has 0 saturated heterocycles. The molecule has 0 fully saturated rings. The smallest absolute Gasteiger partial charge is 0.0963 e. The van der Waals surface area contributed by atoms with Crippen molar-refractivity contribution in [2.24, 2.45) is 11.7 Å². The number of hydrogen-bond acceptors (Lipinski definition) is 5. The van der Waals surface area contributed by atoms with Crippen molar-refractivity contribution in [1.82, 2.24) is 15.4 Å². The molecule has 0 radical (unpaired) electrons. The lowest BCUT2D eigenvalue weighted by atomic mass is 10.2. The lowest BCUT2D eigenvalue weighted by molar-refractivity contribution is 0.870. The minimum absolute atomic E-state index is 0.852. The first-order valence-corrected chi connectivity index (χ1v) is 4.00. The second-order valence-corrected chi connectivity index (χ2v) is 2.37. The summed E-state index contributed by atoms with van der Waals surface area (Å²) in [6.07, 6.45) is 1.63. The van der Waals surface area contributed by atoms with Gasteiger partial charge in [-0.25, -0.2) is 0 Å². The van der Waals surface area contributed by atoms with E-state index in [9.17, 15) is 0 Å². The van der Waals surface area contributed by atoms with Crippen LogP contribution in [0.1, 0.15) is 0 Å². The molecular weight excluding hydrogens is 178 g/mol. The van der Waals surface area contributed by atoms with Crippen molar-refractivity contribution in [1.29, 1.82) is 0 Å². The Morgan fingerprint density at radius 1 is 0.929 bits per heavy atom. The highest BCUT2D eigenvalue weighted by atomic mass is 15.3. The molecule has 0 aliphatic carbocycles. The van der Waals surface area contributed by atoms with Crippen molar-refractivity contribution in [3.63, 3.8) is 0 Å². The van der Waals surface area contributed by atoms with Gasteiger partial charge in [0.05, 0.1) is 11.9 Å². The molecule has 2 rings (SSSR count). The average Bonchev–Trinajstić information content (AvgIpc) is 2.34. The van der Waals surface area contributed by atoms with Gasteiger partial charge in [-0.1, -0.05) is 30.3 Å². The Morgan fingerprint density at radius 3 is 2.21 bits per heavy atom. The van der Waals surface area contributed by atoms with Crippen LogP contribution in [0.5, 0.6) is 0 Å².